The highest BCUT2D eigenvalue weighted by molar-refractivity contribution is 5.32. The van der Waals surface area contributed by atoms with Gasteiger partial charge in [-0.2, -0.15) is 0 Å². The van der Waals surface area contributed by atoms with Gasteiger partial charge in [0.15, 0.2) is 0 Å². The Morgan fingerprint density at radius 3 is 2.65 bits per heavy atom. The molecule has 0 aromatic heterocycles. The standard InChI is InChI=1S/C16H25NO3/c1-12-6-13(2)8-16(7-12)20-11-15(19)10-17-5-3-4-14(18)9-17/h6-8,14-15,18-19H,3-5,9-11H2,1-2H3/t14-,15+/m1/s1. The quantitative estimate of drug-likeness (QED) is 0.857. The van der Waals surface area contributed by atoms with Crippen LogP contribution >= 0.6 is 0 Å². The van der Waals surface area contributed by atoms with E-state index < -0.39 is 6.10 Å². The lowest BCUT2D eigenvalue weighted by Crippen LogP contribution is -2.43. The fourth-order valence-electron chi connectivity index (χ4n) is 2.76. The molecular formula is C16H25NO3. The molecule has 0 saturated carbocycles. The number of β-amino-alcohol motifs (C(OH)–C–C–N with tert-alkyl or cyclic N) is 2. The summed E-state index contributed by atoms with van der Waals surface area (Å²) in [5, 5.41) is 19.6. The number of rotatable bonds is 5. The Balaban J connectivity index is 1.78. The maximum absolute atomic E-state index is 10.0. The minimum atomic E-state index is -0.527. The highest BCUT2D eigenvalue weighted by atomic mass is 16.5. The molecule has 0 bridgehead atoms. The van der Waals surface area contributed by atoms with Crippen LogP contribution in [0.5, 0.6) is 5.75 Å². The molecule has 112 valence electrons. The van der Waals surface area contributed by atoms with Gasteiger partial charge in [0.25, 0.3) is 0 Å². The second kappa shape index (κ2) is 7.07. The van der Waals surface area contributed by atoms with Crippen LogP contribution in [0.3, 0.4) is 0 Å². The molecule has 1 aliphatic heterocycles. The Labute approximate surface area is 121 Å². The summed E-state index contributed by atoms with van der Waals surface area (Å²) in [6.45, 7) is 6.51. The topological polar surface area (TPSA) is 52.9 Å². The van der Waals surface area contributed by atoms with Crippen LogP contribution in [-0.4, -0.2) is 53.6 Å². The maximum atomic E-state index is 10.0. The summed E-state index contributed by atoms with van der Waals surface area (Å²) >= 11 is 0. The third kappa shape index (κ3) is 4.78. The van der Waals surface area contributed by atoms with Gasteiger partial charge < -0.3 is 14.9 Å². The zero-order valence-corrected chi connectivity index (χ0v) is 12.4. The van der Waals surface area contributed by atoms with Gasteiger partial charge in [-0.3, -0.25) is 4.90 Å². The van der Waals surface area contributed by atoms with E-state index in [2.05, 4.69) is 11.0 Å². The highest BCUT2D eigenvalue weighted by Crippen LogP contribution is 2.16. The molecule has 4 heteroatoms. The molecular weight excluding hydrogens is 254 g/mol. The van der Waals surface area contributed by atoms with E-state index in [-0.39, 0.29) is 12.7 Å². The summed E-state index contributed by atoms with van der Waals surface area (Å²) in [5.74, 6) is 0.806. The van der Waals surface area contributed by atoms with Gasteiger partial charge in [0.05, 0.1) is 6.10 Å². The summed E-state index contributed by atoms with van der Waals surface area (Å²) in [6.07, 6.45) is 1.08. The van der Waals surface area contributed by atoms with Crippen molar-refractivity contribution in [1.29, 1.82) is 0 Å². The van der Waals surface area contributed by atoms with Gasteiger partial charge in [0, 0.05) is 13.1 Å². The van der Waals surface area contributed by atoms with Crippen molar-refractivity contribution >= 4 is 0 Å². The summed E-state index contributed by atoms with van der Waals surface area (Å²) in [4.78, 5) is 2.10. The van der Waals surface area contributed by atoms with E-state index in [0.717, 1.165) is 36.3 Å². The SMILES string of the molecule is Cc1cc(C)cc(OC[C@@H](O)CN2CCC[C@@H](O)C2)c1. The van der Waals surface area contributed by atoms with Gasteiger partial charge >= 0.3 is 0 Å². The Hall–Kier alpha value is -1.10. The van der Waals surface area contributed by atoms with Crippen molar-refractivity contribution in [1.82, 2.24) is 4.90 Å². The molecule has 20 heavy (non-hydrogen) atoms. The summed E-state index contributed by atoms with van der Waals surface area (Å²) in [5.41, 5.74) is 2.32. The monoisotopic (exact) mass is 279 g/mol. The first-order valence-electron chi connectivity index (χ1n) is 7.32. The van der Waals surface area contributed by atoms with Crippen LogP contribution < -0.4 is 4.74 Å². The van der Waals surface area contributed by atoms with E-state index in [1.165, 1.54) is 0 Å². The van der Waals surface area contributed by atoms with E-state index >= 15 is 0 Å². The number of aliphatic hydroxyl groups excluding tert-OH is 2. The molecule has 0 unspecified atom stereocenters. The average molecular weight is 279 g/mol. The van der Waals surface area contributed by atoms with Crippen LogP contribution in [0.4, 0.5) is 0 Å². The lowest BCUT2D eigenvalue weighted by atomic mass is 10.1. The lowest BCUT2D eigenvalue weighted by molar-refractivity contribution is 0.0243. The van der Waals surface area contributed by atoms with Gasteiger partial charge in [0.1, 0.15) is 18.5 Å². The van der Waals surface area contributed by atoms with Gasteiger partial charge in [-0.15, -0.1) is 0 Å². The predicted molar refractivity (Wildman–Crippen MR) is 79.1 cm³/mol. The molecule has 2 N–H and O–H groups in total. The predicted octanol–water partition coefficient (Wildman–Crippen LogP) is 1.50. The molecule has 0 aliphatic carbocycles. The van der Waals surface area contributed by atoms with Gasteiger partial charge in [0.2, 0.25) is 0 Å². The molecule has 0 radical (unpaired) electrons. The number of likely N-dealkylation sites (tertiary alicyclic amines) is 1. The summed E-state index contributed by atoms with van der Waals surface area (Å²) in [7, 11) is 0. The molecule has 4 nitrogen and oxygen atoms in total. The van der Waals surface area contributed by atoms with Crippen molar-refractivity contribution in [3.63, 3.8) is 0 Å². The first-order chi connectivity index (χ1) is 9.52. The number of benzene rings is 1. The number of hydrogen-bond donors (Lipinski definition) is 2. The van der Waals surface area contributed by atoms with E-state index in [4.69, 9.17) is 4.74 Å². The van der Waals surface area contributed by atoms with Crippen LogP contribution in [0, 0.1) is 13.8 Å². The van der Waals surface area contributed by atoms with Crippen LogP contribution in [0.25, 0.3) is 0 Å². The molecule has 1 saturated heterocycles. The molecule has 1 fully saturated rings. The van der Waals surface area contributed by atoms with Crippen LogP contribution in [0.2, 0.25) is 0 Å². The first kappa shape index (κ1) is 15.3. The number of hydrogen-bond acceptors (Lipinski definition) is 4. The molecule has 1 heterocycles. The second-order valence-corrected chi connectivity index (χ2v) is 5.84. The van der Waals surface area contributed by atoms with Crippen molar-refractivity contribution in [3.8, 4) is 5.75 Å². The fraction of sp³-hybridized carbons (Fsp3) is 0.625. The largest absolute Gasteiger partial charge is 0.491 e. The van der Waals surface area contributed by atoms with E-state index in [1.54, 1.807) is 0 Å². The van der Waals surface area contributed by atoms with Gasteiger partial charge in [-0.05, 0) is 56.5 Å². The molecule has 2 atom stereocenters. The maximum Gasteiger partial charge on any atom is 0.119 e. The van der Waals surface area contributed by atoms with Gasteiger partial charge in [-0.1, -0.05) is 6.07 Å². The third-order valence-electron chi connectivity index (χ3n) is 3.59. The second-order valence-electron chi connectivity index (χ2n) is 5.84. The molecule has 0 spiro atoms. The minimum absolute atomic E-state index is 0.253. The van der Waals surface area contributed by atoms with E-state index in [9.17, 15) is 10.2 Å². The van der Waals surface area contributed by atoms with Crippen molar-refractivity contribution in [2.45, 2.75) is 38.9 Å². The molecule has 1 aliphatic rings. The number of ether oxygens (including phenoxy) is 1. The van der Waals surface area contributed by atoms with E-state index in [1.807, 2.05) is 26.0 Å². The Kier molecular flexibility index (Phi) is 5.40. The lowest BCUT2D eigenvalue weighted by Gasteiger charge is -2.31. The number of piperidine rings is 1. The van der Waals surface area contributed by atoms with Crippen molar-refractivity contribution in [2.75, 3.05) is 26.2 Å². The number of nitrogens with zero attached hydrogens (tertiary/aromatic N) is 1. The highest BCUT2D eigenvalue weighted by Gasteiger charge is 2.20. The Bertz CT molecular complexity index is 415. The average Bonchev–Trinajstić information content (AvgIpc) is 2.35. The minimum Gasteiger partial charge on any atom is -0.491 e. The number of aryl methyl sites for hydroxylation is 2. The third-order valence-corrected chi connectivity index (χ3v) is 3.59. The smallest absolute Gasteiger partial charge is 0.119 e. The van der Waals surface area contributed by atoms with Crippen LogP contribution in [0.1, 0.15) is 24.0 Å². The zero-order valence-electron chi connectivity index (χ0n) is 12.4. The zero-order chi connectivity index (χ0) is 14.5. The van der Waals surface area contributed by atoms with Crippen molar-refractivity contribution in [3.05, 3.63) is 29.3 Å². The number of aliphatic hydroxyl groups is 2. The molecule has 1 aromatic carbocycles. The first-order valence-corrected chi connectivity index (χ1v) is 7.32. The normalized spacial score (nSPS) is 21.7. The van der Waals surface area contributed by atoms with Crippen LogP contribution in [-0.2, 0) is 0 Å². The fourth-order valence-corrected chi connectivity index (χ4v) is 2.76. The van der Waals surface area contributed by atoms with Crippen molar-refractivity contribution < 1.29 is 14.9 Å². The Morgan fingerprint density at radius 2 is 2.00 bits per heavy atom. The Morgan fingerprint density at radius 1 is 1.30 bits per heavy atom. The van der Waals surface area contributed by atoms with Crippen molar-refractivity contribution in [2.24, 2.45) is 0 Å². The van der Waals surface area contributed by atoms with E-state index in [0.29, 0.717) is 13.1 Å². The summed E-state index contributed by atoms with van der Waals surface area (Å²) in [6, 6.07) is 6.05. The molecule has 1 aromatic rings. The van der Waals surface area contributed by atoms with Gasteiger partial charge in [-0.25, -0.2) is 0 Å². The molecule has 2 rings (SSSR count). The van der Waals surface area contributed by atoms with Crippen LogP contribution in [0.15, 0.2) is 18.2 Å². The molecule has 0 amide bonds. The summed E-state index contributed by atoms with van der Waals surface area (Å²) < 4.78 is 5.66.